The van der Waals surface area contributed by atoms with Crippen LogP contribution < -0.4 is 0 Å². The molecule has 0 bridgehead atoms. The fraction of sp³-hybridized carbons (Fsp3) is 0.0222. The molecule has 424 valence electrons. The van der Waals surface area contributed by atoms with Crippen molar-refractivity contribution in [3.8, 4) is 66.8 Å². The molecule has 0 fully saturated rings. The monoisotopic (exact) mass is 1140 g/mol. The second-order valence-electron chi connectivity index (χ2n) is 23.3. The van der Waals surface area contributed by atoms with Crippen LogP contribution in [0.1, 0.15) is 14.9 Å². The third-order valence-corrected chi connectivity index (χ3v) is 18.4. The summed E-state index contributed by atoms with van der Waals surface area (Å²) in [6.07, 6.45) is 0. The second kappa shape index (κ2) is 23.0. The number of hydrogen-bond donors (Lipinski definition) is 0. The van der Waals surface area contributed by atoms with Crippen LogP contribution in [0.2, 0.25) is 0 Å². The zero-order valence-corrected chi connectivity index (χ0v) is 48.3. The zero-order chi connectivity index (χ0) is 58.1. The van der Waals surface area contributed by atoms with Crippen LogP contribution in [-0.4, -0.2) is 0 Å². The molecular formula is C90H64. The molecule has 0 saturated heterocycles. The summed E-state index contributed by atoms with van der Waals surface area (Å²) in [7, 11) is 0. The van der Waals surface area contributed by atoms with Crippen LogP contribution in [0.15, 0.2) is 340 Å². The van der Waals surface area contributed by atoms with E-state index < -0.39 is 0 Å². The van der Waals surface area contributed by atoms with Gasteiger partial charge in [0.25, 0.3) is 0 Å². The standard InChI is InChI=1S/C48H30.C40H26.2CH4/c1-3-15-33-29-35(27-25-31(33)13-1)45-37-17-5-9-21-41(37)47(42-22-10-6-18-38(42)45)48-43-23-11-7-19-39(43)46(40-20-8-12-24-44(40)48)36-28-26-32-14-2-4-16-34(32)30-36;1-2-12-31-26-32(25-20-27(31)10-1)40-37-17-7-5-15-35(37)39(36-16-6-8-18-38(36)40)30-23-21-29(22-24-30)34-19-9-13-28-11-3-4-14-33(28)34;;/h1-30H;1-26H;2*1H4. The molecule has 0 nitrogen and oxygen atoms in total. The van der Waals surface area contributed by atoms with Crippen molar-refractivity contribution in [2.24, 2.45) is 0 Å². The minimum Gasteiger partial charge on any atom is -0.0776 e. The summed E-state index contributed by atoms with van der Waals surface area (Å²) in [5, 5.41) is 25.4. The van der Waals surface area contributed by atoms with Gasteiger partial charge in [-0.3, -0.25) is 0 Å². The Balaban J connectivity index is 0.000000149. The normalized spacial score (nSPS) is 11.4. The van der Waals surface area contributed by atoms with Gasteiger partial charge in [0, 0.05) is 0 Å². The van der Waals surface area contributed by atoms with E-state index in [1.807, 2.05) is 0 Å². The predicted octanol–water partition coefficient (Wildman–Crippen LogP) is 26.2. The van der Waals surface area contributed by atoms with Crippen molar-refractivity contribution >= 4 is 108 Å². The smallest absolute Gasteiger partial charge is 0.00139 e. The van der Waals surface area contributed by atoms with Gasteiger partial charge in [-0.1, -0.05) is 336 Å². The summed E-state index contributed by atoms with van der Waals surface area (Å²) >= 11 is 0. The van der Waals surface area contributed by atoms with Crippen LogP contribution in [0.3, 0.4) is 0 Å². The average Bonchev–Trinajstić information content (AvgIpc) is 1.11. The first-order valence-electron chi connectivity index (χ1n) is 30.6. The molecule has 18 aromatic rings. The predicted molar refractivity (Wildman–Crippen MR) is 394 cm³/mol. The quantitative estimate of drug-likeness (QED) is 0.146. The SMILES string of the molecule is C.C.c1ccc2cc(-c3c4ccccc4c(-c4c5ccccc5c(-c5ccc6ccccc6c5)c5ccccc45)c4ccccc34)ccc2c1.c1ccc2cc(-c3c4ccccc4c(-c4ccc(-c5cccc6ccccc56)cc4)c4ccccc34)ccc2c1. The number of benzene rings is 18. The second-order valence-corrected chi connectivity index (χ2v) is 23.3. The summed E-state index contributed by atoms with van der Waals surface area (Å²) in [5.74, 6) is 0. The van der Waals surface area contributed by atoms with Crippen molar-refractivity contribution in [1.29, 1.82) is 0 Å². The van der Waals surface area contributed by atoms with Gasteiger partial charge in [-0.2, -0.15) is 0 Å². The Hall–Kier alpha value is -11.4. The van der Waals surface area contributed by atoms with Crippen molar-refractivity contribution in [3.63, 3.8) is 0 Å². The molecule has 0 atom stereocenters. The van der Waals surface area contributed by atoms with Crippen LogP contribution in [0, 0.1) is 0 Å². The van der Waals surface area contributed by atoms with Gasteiger partial charge in [0.05, 0.1) is 0 Å². The van der Waals surface area contributed by atoms with Gasteiger partial charge in [0.15, 0.2) is 0 Å². The van der Waals surface area contributed by atoms with E-state index in [-0.39, 0.29) is 14.9 Å². The molecule has 0 radical (unpaired) electrons. The fourth-order valence-electron chi connectivity index (χ4n) is 14.5. The third-order valence-electron chi connectivity index (χ3n) is 18.4. The first kappa shape index (κ1) is 55.2. The Labute approximate surface area is 525 Å². The van der Waals surface area contributed by atoms with Crippen LogP contribution >= 0.6 is 0 Å². The molecule has 0 saturated carbocycles. The van der Waals surface area contributed by atoms with Crippen LogP contribution in [0.5, 0.6) is 0 Å². The summed E-state index contributed by atoms with van der Waals surface area (Å²) in [4.78, 5) is 0. The van der Waals surface area contributed by atoms with E-state index in [0.29, 0.717) is 0 Å². The van der Waals surface area contributed by atoms with Gasteiger partial charge in [-0.15, -0.1) is 0 Å². The number of hydrogen-bond acceptors (Lipinski definition) is 0. The van der Waals surface area contributed by atoms with Crippen LogP contribution in [-0.2, 0) is 0 Å². The van der Waals surface area contributed by atoms with Crippen molar-refractivity contribution in [3.05, 3.63) is 340 Å². The third kappa shape index (κ3) is 9.23. The van der Waals surface area contributed by atoms with E-state index in [1.165, 1.54) is 174 Å². The average molecular weight is 1150 g/mol. The minimum absolute atomic E-state index is 0. The Kier molecular flexibility index (Phi) is 14.1. The van der Waals surface area contributed by atoms with E-state index >= 15 is 0 Å². The summed E-state index contributed by atoms with van der Waals surface area (Å²) < 4.78 is 0. The molecule has 90 heavy (non-hydrogen) atoms. The lowest BCUT2D eigenvalue weighted by Gasteiger charge is -2.22. The molecule has 0 aromatic heterocycles. The Morgan fingerprint density at radius 1 is 0.122 bits per heavy atom. The van der Waals surface area contributed by atoms with E-state index in [1.54, 1.807) is 0 Å². The largest absolute Gasteiger partial charge is 0.0776 e. The maximum Gasteiger partial charge on any atom is -0.00139 e. The lowest BCUT2D eigenvalue weighted by Crippen LogP contribution is -1.94. The van der Waals surface area contributed by atoms with Crippen molar-refractivity contribution in [2.45, 2.75) is 14.9 Å². The highest BCUT2D eigenvalue weighted by molar-refractivity contribution is 6.30. The van der Waals surface area contributed by atoms with Crippen molar-refractivity contribution < 1.29 is 0 Å². The van der Waals surface area contributed by atoms with Gasteiger partial charge in [0.2, 0.25) is 0 Å². The molecule has 0 N–H and O–H groups in total. The molecule has 0 heteroatoms. The minimum atomic E-state index is 0. The van der Waals surface area contributed by atoms with Gasteiger partial charge in [-0.25, -0.2) is 0 Å². The molecule has 18 rings (SSSR count). The molecule has 18 aromatic carbocycles. The highest BCUT2D eigenvalue weighted by atomic mass is 14.3. The molecule has 0 aliphatic rings. The highest BCUT2D eigenvalue weighted by Gasteiger charge is 2.23. The Morgan fingerprint density at radius 3 is 0.644 bits per heavy atom. The van der Waals surface area contributed by atoms with Gasteiger partial charge in [-0.05, 0) is 193 Å². The van der Waals surface area contributed by atoms with E-state index in [4.69, 9.17) is 0 Å². The van der Waals surface area contributed by atoms with Crippen molar-refractivity contribution in [1.82, 2.24) is 0 Å². The number of fused-ring (bicyclic) bond motifs is 10. The Bertz CT molecular complexity index is 5430. The van der Waals surface area contributed by atoms with Crippen LogP contribution in [0.25, 0.3) is 174 Å². The molecule has 0 heterocycles. The molecule has 0 aliphatic carbocycles. The highest BCUT2D eigenvalue weighted by Crippen LogP contribution is 2.51. The summed E-state index contributed by atoms with van der Waals surface area (Å²) in [6, 6.07) is 125. The van der Waals surface area contributed by atoms with Crippen LogP contribution in [0.4, 0.5) is 0 Å². The number of rotatable bonds is 6. The molecule has 0 unspecified atom stereocenters. The first-order valence-corrected chi connectivity index (χ1v) is 30.6. The maximum absolute atomic E-state index is 2.35. The first-order chi connectivity index (χ1) is 43.7. The van der Waals surface area contributed by atoms with Gasteiger partial charge in [0.1, 0.15) is 0 Å². The lowest BCUT2D eigenvalue weighted by molar-refractivity contribution is 1.63. The van der Waals surface area contributed by atoms with E-state index in [2.05, 4.69) is 340 Å². The zero-order valence-electron chi connectivity index (χ0n) is 48.3. The topological polar surface area (TPSA) is 0 Å². The lowest BCUT2D eigenvalue weighted by atomic mass is 9.81. The fourth-order valence-corrected chi connectivity index (χ4v) is 14.5. The van der Waals surface area contributed by atoms with E-state index in [9.17, 15) is 0 Å². The molecule has 0 spiro atoms. The van der Waals surface area contributed by atoms with Gasteiger partial charge < -0.3 is 0 Å². The van der Waals surface area contributed by atoms with Crippen molar-refractivity contribution in [2.75, 3.05) is 0 Å². The van der Waals surface area contributed by atoms with E-state index in [0.717, 1.165) is 0 Å². The van der Waals surface area contributed by atoms with Gasteiger partial charge >= 0.3 is 0 Å². The summed E-state index contributed by atoms with van der Waals surface area (Å²) in [5.41, 5.74) is 15.2. The maximum atomic E-state index is 2.35. The summed E-state index contributed by atoms with van der Waals surface area (Å²) in [6.45, 7) is 0. The molecule has 0 aliphatic heterocycles. The molecule has 0 amide bonds. The Morgan fingerprint density at radius 2 is 0.333 bits per heavy atom. The molecular weight excluding hydrogens is 1080 g/mol.